The number of nitrogens with one attached hydrogen (secondary N) is 2. The fourth-order valence-electron chi connectivity index (χ4n) is 4.08. The summed E-state index contributed by atoms with van der Waals surface area (Å²) in [4.78, 5) is 31.1. The molecule has 2 fully saturated rings. The summed E-state index contributed by atoms with van der Waals surface area (Å²) in [6.07, 6.45) is 6.14. The molecule has 1 aliphatic heterocycles. The van der Waals surface area contributed by atoms with Crippen LogP contribution >= 0.6 is 0 Å². The number of fused-ring (bicyclic) bond motifs is 1. The third-order valence-corrected chi connectivity index (χ3v) is 5.58. The number of Topliss-reactive ketones (excluding diaryl/α,β-unsaturated/α-hetero) is 1. The zero-order chi connectivity index (χ0) is 18.1. The van der Waals surface area contributed by atoms with E-state index in [0.717, 1.165) is 38.6 Å². The molecule has 2 N–H and O–H groups in total. The first-order valence-electron chi connectivity index (χ1n) is 9.12. The van der Waals surface area contributed by atoms with E-state index in [0.29, 0.717) is 34.6 Å². The van der Waals surface area contributed by atoms with Gasteiger partial charge in [0.1, 0.15) is 0 Å². The van der Waals surface area contributed by atoms with Crippen molar-refractivity contribution in [2.45, 2.75) is 50.2 Å². The molecule has 26 heavy (non-hydrogen) atoms. The van der Waals surface area contributed by atoms with Crippen molar-refractivity contribution in [2.24, 2.45) is 0 Å². The number of piperidine rings is 1. The highest BCUT2D eigenvalue weighted by Crippen LogP contribution is 2.37. The number of hydrogen-bond acceptors (Lipinski definition) is 6. The van der Waals surface area contributed by atoms with Crippen LogP contribution in [-0.2, 0) is 4.79 Å². The molecule has 0 unspecified atom stereocenters. The highest BCUT2D eigenvalue weighted by atomic mass is 16.5. The average Bonchev–Trinajstić information content (AvgIpc) is 2.66. The van der Waals surface area contributed by atoms with Crippen molar-refractivity contribution >= 4 is 16.7 Å². The van der Waals surface area contributed by atoms with E-state index in [4.69, 9.17) is 9.47 Å². The summed E-state index contributed by atoms with van der Waals surface area (Å²) in [6, 6.07) is 3.41. The number of aromatic nitrogens is 2. The van der Waals surface area contributed by atoms with Crippen molar-refractivity contribution in [1.82, 2.24) is 15.3 Å². The van der Waals surface area contributed by atoms with Crippen LogP contribution < -0.4 is 20.3 Å². The first-order chi connectivity index (χ1) is 12.6. The molecule has 1 aromatic carbocycles. The molecule has 2 aromatic rings. The van der Waals surface area contributed by atoms with Gasteiger partial charge in [0.25, 0.3) is 5.56 Å². The van der Waals surface area contributed by atoms with Crippen LogP contribution in [0, 0.1) is 0 Å². The molecule has 7 heteroatoms. The van der Waals surface area contributed by atoms with Crippen molar-refractivity contribution in [3.8, 4) is 11.5 Å². The van der Waals surface area contributed by atoms with E-state index in [-0.39, 0.29) is 17.2 Å². The molecular formula is C19H23N3O4. The number of methoxy groups -OCH3 is 1. The Balaban J connectivity index is 1.54. The number of carbonyl (C=O) groups is 1. The predicted molar refractivity (Wildman–Crippen MR) is 96.8 cm³/mol. The quantitative estimate of drug-likeness (QED) is 0.872. The first kappa shape index (κ1) is 17.0. The second kappa shape index (κ2) is 6.72. The van der Waals surface area contributed by atoms with E-state index >= 15 is 0 Å². The molecule has 1 aliphatic carbocycles. The highest BCUT2D eigenvalue weighted by molar-refractivity contribution is 5.89. The van der Waals surface area contributed by atoms with Crippen LogP contribution in [0.25, 0.3) is 10.9 Å². The van der Waals surface area contributed by atoms with E-state index in [2.05, 4.69) is 15.3 Å². The van der Waals surface area contributed by atoms with Crippen LogP contribution in [0.2, 0.25) is 0 Å². The Morgan fingerprint density at radius 1 is 1.19 bits per heavy atom. The van der Waals surface area contributed by atoms with Gasteiger partial charge in [0.2, 0.25) is 0 Å². The predicted octanol–water partition coefficient (Wildman–Crippen LogP) is 1.94. The molecular weight excluding hydrogens is 334 g/mol. The molecule has 0 radical (unpaired) electrons. The Bertz CT molecular complexity index is 884. The van der Waals surface area contributed by atoms with Gasteiger partial charge >= 0.3 is 0 Å². The first-order valence-corrected chi connectivity index (χ1v) is 9.12. The summed E-state index contributed by atoms with van der Waals surface area (Å²) in [5.41, 5.74) is 0.00627. The molecule has 2 heterocycles. The summed E-state index contributed by atoms with van der Waals surface area (Å²) < 4.78 is 11.6. The van der Waals surface area contributed by atoms with E-state index in [1.54, 1.807) is 19.2 Å². The van der Waals surface area contributed by atoms with Crippen LogP contribution in [0.3, 0.4) is 0 Å². The average molecular weight is 357 g/mol. The van der Waals surface area contributed by atoms with Gasteiger partial charge in [0, 0.05) is 12.5 Å². The van der Waals surface area contributed by atoms with Gasteiger partial charge in [-0.05, 0) is 44.7 Å². The Labute approximate surface area is 151 Å². The van der Waals surface area contributed by atoms with Crippen LogP contribution in [-0.4, -0.2) is 41.0 Å². The minimum atomic E-state index is -0.355. The molecule has 1 spiro atoms. The molecule has 0 bridgehead atoms. The normalized spacial score (nSPS) is 26.2. The molecule has 1 saturated heterocycles. The number of H-pyrrole nitrogens is 1. The maximum Gasteiger partial charge on any atom is 0.258 e. The second-order valence-corrected chi connectivity index (χ2v) is 7.10. The molecule has 7 nitrogen and oxygen atoms in total. The van der Waals surface area contributed by atoms with Crippen LogP contribution in [0.4, 0.5) is 0 Å². The van der Waals surface area contributed by atoms with Crippen molar-refractivity contribution in [3.05, 3.63) is 28.8 Å². The fourth-order valence-corrected chi connectivity index (χ4v) is 4.08. The minimum absolute atomic E-state index is 0.000690. The van der Waals surface area contributed by atoms with Gasteiger partial charge in [-0.3, -0.25) is 9.59 Å². The number of aromatic amines is 1. The molecule has 0 atom stereocenters. The van der Waals surface area contributed by atoms with Gasteiger partial charge in [-0.2, -0.15) is 0 Å². The summed E-state index contributed by atoms with van der Waals surface area (Å²) in [6.45, 7) is 0.908. The maximum atomic E-state index is 12.4. The third-order valence-electron chi connectivity index (χ3n) is 5.58. The second-order valence-electron chi connectivity index (χ2n) is 7.10. The standard InChI is InChI=1S/C19H23N3O4/c1-25-15-10-14-13(18(24)21-11-20-14)9-16(15)26-12-4-6-19(7-5-12)17(23)3-2-8-22-19/h9-12,22H,2-8H2,1H3,(H,20,21,24). The van der Waals surface area contributed by atoms with Gasteiger partial charge < -0.3 is 19.8 Å². The lowest BCUT2D eigenvalue weighted by Gasteiger charge is -2.42. The number of ketones is 1. The number of hydrogen-bond donors (Lipinski definition) is 2. The Morgan fingerprint density at radius 2 is 2.00 bits per heavy atom. The number of ether oxygens (including phenoxy) is 2. The molecule has 2 aliphatic rings. The fraction of sp³-hybridized carbons (Fsp3) is 0.526. The molecule has 0 amide bonds. The van der Waals surface area contributed by atoms with E-state index in [1.165, 1.54) is 6.33 Å². The van der Waals surface area contributed by atoms with Crippen LogP contribution in [0.1, 0.15) is 38.5 Å². The zero-order valence-electron chi connectivity index (χ0n) is 14.8. The summed E-state index contributed by atoms with van der Waals surface area (Å²) >= 11 is 0. The number of nitrogens with zero attached hydrogens (tertiary/aromatic N) is 1. The van der Waals surface area contributed by atoms with Gasteiger partial charge in [-0.1, -0.05) is 0 Å². The van der Waals surface area contributed by atoms with Crippen molar-refractivity contribution < 1.29 is 14.3 Å². The number of benzene rings is 1. The molecule has 1 saturated carbocycles. The lowest BCUT2D eigenvalue weighted by Crippen LogP contribution is -2.58. The monoisotopic (exact) mass is 357 g/mol. The molecule has 4 rings (SSSR count). The largest absolute Gasteiger partial charge is 0.493 e. The lowest BCUT2D eigenvalue weighted by molar-refractivity contribution is -0.129. The van der Waals surface area contributed by atoms with Gasteiger partial charge in [0.05, 0.1) is 36.0 Å². The van der Waals surface area contributed by atoms with Gasteiger partial charge in [-0.25, -0.2) is 4.98 Å². The summed E-state index contributed by atoms with van der Waals surface area (Å²) in [7, 11) is 1.57. The van der Waals surface area contributed by atoms with E-state index in [9.17, 15) is 9.59 Å². The highest BCUT2D eigenvalue weighted by Gasteiger charge is 2.42. The Hall–Kier alpha value is -2.41. The smallest absolute Gasteiger partial charge is 0.258 e. The van der Waals surface area contributed by atoms with Gasteiger partial charge in [0.15, 0.2) is 17.3 Å². The van der Waals surface area contributed by atoms with Crippen molar-refractivity contribution in [3.63, 3.8) is 0 Å². The summed E-state index contributed by atoms with van der Waals surface area (Å²) in [5, 5.41) is 3.91. The molecule has 138 valence electrons. The van der Waals surface area contributed by atoms with E-state index in [1.807, 2.05) is 0 Å². The molecule has 1 aromatic heterocycles. The van der Waals surface area contributed by atoms with E-state index < -0.39 is 0 Å². The number of carbonyl (C=O) groups excluding carboxylic acids is 1. The summed E-state index contributed by atoms with van der Waals surface area (Å²) in [5.74, 6) is 1.44. The van der Waals surface area contributed by atoms with Gasteiger partial charge in [-0.15, -0.1) is 0 Å². The minimum Gasteiger partial charge on any atom is -0.493 e. The SMILES string of the molecule is COc1cc2nc[nH]c(=O)c2cc1OC1CCC2(CC1)NCCCC2=O. The lowest BCUT2D eigenvalue weighted by atomic mass is 9.74. The number of rotatable bonds is 3. The van der Waals surface area contributed by atoms with Crippen molar-refractivity contribution in [1.29, 1.82) is 0 Å². The van der Waals surface area contributed by atoms with Crippen LogP contribution in [0.5, 0.6) is 11.5 Å². The Morgan fingerprint density at radius 3 is 2.73 bits per heavy atom. The maximum absolute atomic E-state index is 12.4. The van der Waals surface area contributed by atoms with Crippen molar-refractivity contribution in [2.75, 3.05) is 13.7 Å². The topological polar surface area (TPSA) is 93.3 Å². The van der Waals surface area contributed by atoms with Crippen LogP contribution in [0.15, 0.2) is 23.3 Å². The zero-order valence-corrected chi connectivity index (χ0v) is 14.8. The Kier molecular flexibility index (Phi) is 4.40. The third kappa shape index (κ3) is 2.96.